The molecular weight excluding hydrogens is 251 g/mol. The van der Waals surface area contributed by atoms with Crippen molar-refractivity contribution in [2.45, 2.75) is 6.42 Å². The molecule has 0 saturated heterocycles. The Labute approximate surface area is 68.1 Å². The molecule has 10 heavy (non-hydrogen) atoms. The average Bonchev–Trinajstić information content (AvgIpc) is 1.86. The van der Waals surface area contributed by atoms with Gasteiger partial charge in [0.25, 0.3) is 0 Å². The number of amidine groups is 1. The van der Waals surface area contributed by atoms with E-state index in [2.05, 4.69) is 8.38 Å². The summed E-state index contributed by atoms with van der Waals surface area (Å²) in [4.78, 5) is 21.6. The summed E-state index contributed by atoms with van der Waals surface area (Å²) in [7, 11) is 0. The standard InChI is InChI=1S/C4H6IN2O3/c1-5-6-3(7-10)2-4(8)9/h2H2,1H3,(H,8,9)/q-1. The summed E-state index contributed by atoms with van der Waals surface area (Å²) in [6.07, 6.45) is -0.364. The molecule has 1 N–H and O–H groups in total. The van der Waals surface area contributed by atoms with E-state index in [1.54, 1.807) is 0 Å². The van der Waals surface area contributed by atoms with E-state index in [4.69, 9.17) is 5.11 Å². The van der Waals surface area contributed by atoms with Crippen LogP contribution < -0.4 is 21.5 Å². The zero-order chi connectivity index (χ0) is 7.98. The third kappa shape index (κ3) is 4.36. The molecule has 0 amide bonds. The number of alkyl halides is 1. The van der Waals surface area contributed by atoms with Gasteiger partial charge in [-0.25, -0.2) is 0 Å². The number of carboxylic acid groups (broad SMARTS) is 1. The van der Waals surface area contributed by atoms with Gasteiger partial charge < -0.3 is 0 Å². The molecule has 0 spiro atoms. The molecule has 0 radical (unpaired) electrons. The molecule has 0 saturated carbocycles. The van der Waals surface area contributed by atoms with Crippen molar-refractivity contribution in [1.29, 1.82) is 0 Å². The molecule has 6 heteroatoms. The molecule has 0 aliphatic carbocycles. The summed E-state index contributed by atoms with van der Waals surface area (Å²) in [5, 5.41) is 10.6. The second-order valence-electron chi connectivity index (χ2n) is 1.33. The fraction of sp³-hybridized carbons (Fsp3) is 0.500. The van der Waals surface area contributed by atoms with Crippen molar-refractivity contribution >= 4 is 11.8 Å². The number of rotatable bonds is 3. The summed E-state index contributed by atoms with van der Waals surface area (Å²) >= 11 is -0.440. The van der Waals surface area contributed by atoms with Gasteiger partial charge in [-0.3, -0.25) is 0 Å². The van der Waals surface area contributed by atoms with Gasteiger partial charge in [-0.05, 0) is 0 Å². The van der Waals surface area contributed by atoms with E-state index in [0.29, 0.717) is 0 Å². The van der Waals surface area contributed by atoms with E-state index in [1.807, 2.05) is 4.93 Å². The number of carbonyl (C=O) groups is 1. The molecule has 0 bridgehead atoms. The fourth-order valence-electron chi connectivity index (χ4n) is 0.310. The van der Waals surface area contributed by atoms with Crippen LogP contribution in [-0.2, 0) is 4.79 Å². The van der Waals surface area contributed by atoms with Gasteiger partial charge in [0.1, 0.15) is 0 Å². The maximum atomic E-state index is 9.98. The van der Waals surface area contributed by atoms with Crippen molar-refractivity contribution in [1.82, 2.24) is 0 Å². The van der Waals surface area contributed by atoms with E-state index < -0.39 is 27.4 Å². The van der Waals surface area contributed by atoms with Crippen LogP contribution in [0.5, 0.6) is 0 Å². The first-order chi connectivity index (χ1) is 4.70. The molecule has 0 aliphatic heterocycles. The first kappa shape index (κ1) is 9.47. The van der Waals surface area contributed by atoms with Crippen LogP contribution in [-0.4, -0.2) is 21.8 Å². The van der Waals surface area contributed by atoms with Gasteiger partial charge in [-0.15, -0.1) is 0 Å². The fourth-order valence-corrected chi connectivity index (χ4v) is 1.13. The third-order valence-electron chi connectivity index (χ3n) is 0.597. The summed E-state index contributed by atoms with van der Waals surface area (Å²) in [6.45, 7) is 0. The van der Waals surface area contributed by atoms with E-state index >= 15 is 0 Å². The summed E-state index contributed by atoms with van der Waals surface area (Å²) in [6, 6.07) is 0. The van der Waals surface area contributed by atoms with Crippen molar-refractivity contribution in [3.8, 4) is 0 Å². The van der Waals surface area contributed by atoms with Crippen LogP contribution in [0, 0.1) is 4.91 Å². The molecule has 0 heterocycles. The number of halogens is 1. The topological polar surface area (TPSA) is 79.1 Å². The number of nitrogens with zero attached hydrogens (tertiary/aromatic N) is 2. The molecule has 5 nitrogen and oxygen atoms in total. The predicted octanol–water partition coefficient (Wildman–Crippen LogP) is -2.74. The molecule has 0 aromatic rings. The Morgan fingerprint density at radius 3 is 2.60 bits per heavy atom. The van der Waals surface area contributed by atoms with E-state index in [0.717, 1.165) is 0 Å². The van der Waals surface area contributed by atoms with E-state index in [9.17, 15) is 9.70 Å². The van der Waals surface area contributed by atoms with E-state index in [1.165, 1.54) is 0 Å². The Bertz CT molecular complexity index is 168. The van der Waals surface area contributed by atoms with Crippen LogP contribution in [0.2, 0.25) is 0 Å². The van der Waals surface area contributed by atoms with Gasteiger partial charge in [0.15, 0.2) is 0 Å². The SMILES string of the molecule is C[I-]N=C(CC(=O)O)N=O. The Hall–Kier alpha value is -0.530. The molecule has 0 aromatic heterocycles. The summed E-state index contributed by atoms with van der Waals surface area (Å²) in [5.41, 5.74) is 0. The number of carboxylic acids is 1. The predicted molar refractivity (Wildman–Crippen MR) is 31.4 cm³/mol. The second-order valence-corrected chi connectivity index (χ2v) is 2.78. The van der Waals surface area contributed by atoms with Crippen molar-refractivity contribution < 1.29 is 31.4 Å². The average molecular weight is 257 g/mol. The number of hydrogen-bond donors (Lipinski definition) is 1. The maximum absolute atomic E-state index is 9.98. The normalized spacial score (nSPS) is 11.5. The van der Waals surface area contributed by atoms with Crippen LogP contribution in [0.1, 0.15) is 6.42 Å². The van der Waals surface area contributed by atoms with Crippen LogP contribution in [0.25, 0.3) is 0 Å². The van der Waals surface area contributed by atoms with Gasteiger partial charge in [-0.2, -0.15) is 0 Å². The van der Waals surface area contributed by atoms with Crippen molar-refractivity contribution in [3.63, 3.8) is 0 Å². The van der Waals surface area contributed by atoms with Crippen molar-refractivity contribution in [2.24, 2.45) is 8.38 Å². The Balaban J connectivity index is 3.95. The number of nitroso groups, excluding NO2 is 1. The number of aliphatic carboxylic acids is 1. The molecule has 0 rings (SSSR count). The summed E-state index contributed by atoms with van der Waals surface area (Å²) in [5.74, 6) is -1.18. The van der Waals surface area contributed by atoms with Crippen LogP contribution in [0.4, 0.5) is 0 Å². The first-order valence-electron chi connectivity index (χ1n) is 2.31. The van der Waals surface area contributed by atoms with Gasteiger partial charge >= 0.3 is 67.8 Å². The van der Waals surface area contributed by atoms with Gasteiger partial charge in [0.05, 0.1) is 0 Å². The molecular formula is C4H6IN2O3-. The molecule has 0 atom stereocenters. The molecule has 0 unspecified atom stereocenters. The quantitative estimate of drug-likeness (QED) is 0.196. The zero-order valence-corrected chi connectivity index (χ0v) is 7.40. The van der Waals surface area contributed by atoms with Gasteiger partial charge in [0, 0.05) is 0 Å². The minimum atomic E-state index is -1.07. The summed E-state index contributed by atoms with van der Waals surface area (Å²) < 4.78 is 3.65. The zero-order valence-electron chi connectivity index (χ0n) is 5.24. The van der Waals surface area contributed by atoms with Crippen LogP contribution in [0.3, 0.4) is 0 Å². The monoisotopic (exact) mass is 257 g/mol. The number of hydrogen-bond acceptors (Lipinski definition) is 3. The molecule has 58 valence electrons. The van der Waals surface area contributed by atoms with Gasteiger partial charge in [-0.1, -0.05) is 0 Å². The van der Waals surface area contributed by atoms with Crippen molar-refractivity contribution in [3.05, 3.63) is 4.91 Å². The Kier molecular flexibility index (Phi) is 4.99. The van der Waals surface area contributed by atoms with E-state index in [-0.39, 0.29) is 12.3 Å². The van der Waals surface area contributed by atoms with Crippen molar-refractivity contribution in [2.75, 3.05) is 4.93 Å². The third-order valence-corrected chi connectivity index (χ3v) is 1.64. The Morgan fingerprint density at radius 1 is 1.70 bits per heavy atom. The minimum absolute atomic E-state index is 0.109. The second kappa shape index (κ2) is 5.27. The molecule has 0 aromatic carbocycles. The van der Waals surface area contributed by atoms with Crippen LogP contribution in [0.15, 0.2) is 8.38 Å². The molecule has 0 aliphatic rings. The first-order valence-corrected chi connectivity index (χ1v) is 5.43. The molecule has 0 fully saturated rings. The van der Waals surface area contributed by atoms with Gasteiger partial charge in [0.2, 0.25) is 0 Å². The van der Waals surface area contributed by atoms with Crippen LogP contribution >= 0.6 is 0 Å². The Morgan fingerprint density at radius 2 is 2.30 bits per heavy atom.